The van der Waals surface area contributed by atoms with E-state index in [9.17, 15) is 19.1 Å². The minimum Gasteiger partial charge on any atom is -0.456 e. The summed E-state index contributed by atoms with van der Waals surface area (Å²) in [5.74, 6) is 0.823. The van der Waals surface area contributed by atoms with E-state index in [4.69, 9.17) is 4.74 Å². The van der Waals surface area contributed by atoms with Crippen LogP contribution in [0.15, 0.2) is 71.7 Å². The molecule has 8 heteroatoms. The number of benzene rings is 3. The first-order valence-electron chi connectivity index (χ1n) is 14.6. The number of fused-ring (bicyclic) bond motifs is 1. The minimum atomic E-state index is -1.15. The molecule has 0 fully saturated rings. The van der Waals surface area contributed by atoms with Gasteiger partial charge in [-0.2, -0.15) is 0 Å². The SMILES string of the molecule is Cc1cc(F)cc(C)c1Oc1ccc(C(C)(C)O)cc1-c1cn(C)c(=O)c2[nH]c(CC(=O)Nc3ccc(C(C)C)cc3)cc12. The van der Waals surface area contributed by atoms with Gasteiger partial charge in [-0.3, -0.25) is 9.59 Å². The number of halogens is 1. The van der Waals surface area contributed by atoms with Crippen LogP contribution in [0.4, 0.5) is 10.1 Å². The predicted molar refractivity (Wildman–Crippen MR) is 173 cm³/mol. The Labute approximate surface area is 256 Å². The molecule has 7 nitrogen and oxygen atoms in total. The Balaban J connectivity index is 1.57. The summed E-state index contributed by atoms with van der Waals surface area (Å²) < 4.78 is 21.9. The van der Waals surface area contributed by atoms with Gasteiger partial charge in [0, 0.05) is 41.1 Å². The van der Waals surface area contributed by atoms with E-state index in [0.717, 1.165) is 0 Å². The highest BCUT2D eigenvalue weighted by atomic mass is 19.1. The molecule has 0 atom stereocenters. The van der Waals surface area contributed by atoms with Crippen LogP contribution in [0.1, 0.15) is 61.6 Å². The number of nitrogens with zero attached hydrogens (tertiary/aromatic N) is 1. The van der Waals surface area contributed by atoms with Crippen molar-refractivity contribution in [1.82, 2.24) is 9.55 Å². The number of aryl methyl sites for hydroxylation is 3. The lowest BCUT2D eigenvalue weighted by atomic mass is 9.93. The Morgan fingerprint density at radius 2 is 1.68 bits per heavy atom. The number of nitrogens with one attached hydrogen (secondary N) is 2. The summed E-state index contributed by atoms with van der Waals surface area (Å²) in [6.45, 7) is 11.2. The van der Waals surface area contributed by atoms with Gasteiger partial charge in [-0.15, -0.1) is 0 Å². The van der Waals surface area contributed by atoms with E-state index < -0.39 is 5.60 Å². The molecule has 2 heterocycles. The number of rotatable bonds is 8. The summed E-state index contributed by atoms with van der Waals surface area (Å²) in [5.41, 5.74) is 4.64. The van der Waals surface area contributed by atoms with Crippen LogP contribution < -0.4 is 15.6 Å². The van der Waals surface area contributed by atoms with Crippen molar-refractivity contribution in [3.8, 4) is 22.6 Å². The monoisotopic (exact) mass is 595 g/mol. The number of aliphatic hydroxyl groups is 1. The van der Waals surface area contributed by atoms with E-state index in [-0.39, 0.29) is 23.7 Å². The number of aromatic nitrogens is 2. The summed E-state index contributed by atoms with van der Waals surface area (Å²) in [6, 6.07) is 17.8. The van der Waals surface area contributed by atoms with Crippen LogP contribution in [0, 0.1) is 19.7 Å². The lowest BCUT2D eigenvalue weighted by Gasteiger charge is -2.22. The third-order valence-corrected chi connectivity index (χ3v) is 7.85. The second-order valence-electron chi connectivity index (χ2n) is 12.3. The molecule has 0 saturated carbocycles. The van der Waals surface area contributed by atoms with Crippen LogP contribution in [0.5, 0.6) is 11.5 Å². The average Bonchev–Trinajstić information content (AvgIpc) is 3.36. The normalized spacial score (nSPS) is 11.8. The molecule has 0 aliphatic rings. The molecule has 5 aromatic rings. The molecule has 1 amide bonds. The summed E-state index contributed by atoms with van der Waals surface area (Å²) in [7, 11) is 1.66. The maximum Gasteiger partial charge on any atom is 0.274 e. The Morgan fingerprint density at radius 1 is 1.02 bits per heavy atom. The number of hydrogen-bond donors (Lipinski definition) is 3. The fourth-order valence-electron chi connectivity index (χ4n) is 5.41. The molecular formula is C36H38FN3O4. The van der Waals surface area contributed by atoms with Crippen LogP contribution in [0.25, 0.3) is 22.0 Å². The molecule has 228 valence electrons. The zero-order valence-electron chi connectivity index (χ0n) is 26.1. The number of H-pyrrole nitrogens is 1. The molecule has 0 bridgehead atoms. The number of hydrogen-bond acceptors (Lipinski definition) is 4. The lowest BCUT2D eigenvalue weighted by Crippen LogP contribution is -2.18. The van der Waals surface area contributed by atoms with Crippen molar-refractivity contribution in [3.05, 3.63) is 111 Å². The number of anilines is 1. The van der Waals surface area contributed by atoms with Gasteiger partial charge < -0.3 is 24.7 Å². The smallest absolute Gasteiger partial charge is 0.274 e. The van der Waals surface area contributed by atoms with Gasteiger partial charge in [-0.1, -0.05) is 32.0 Å². The number of pyridine rings is 1. The standard InChI is InChI=1S/C36H38FN3O4/c1-20(2)23-8-11-26(12-9-23)38-32(41)18-27-17-29-30(19-40(7)35(42)33(29)39-27)28-16-24(36(5,6)43)10-13-31(28)44-34-21(3)14-25(37)15-22(34)4/h8-17,19-20,39,43H,18H2,1-7H3,(H,38,41). The van der Waals surface area contributed by atoms with Crippen LogP contribution in [0.3, 0.4) is 0 Å². The maximum atomic E-state index is 14.0. The zero-order chi connectivity index (χ0) is 31.9. The van der Waals surface area contributed by atoms with Gasteiger partial charge in [-0.05, 0) is 98.3 Å². The Hall–Kier alpha value is -4.69. The second-order valence-corrected chi connectivity index (χ2v) is 12.3. The highest BCUT2D eigenvalue weighted by molar-refractivity contribution is 5.98. The van der Waals surface area contributed by atoms with Crippen LogP contribution in [0.2, 0.25) is 0 Å². The van der Waals surface area contributed by atoms with Crippen LogP contribution in [-0.4, -0.2) is 20.6 Å². The highest BCUT2D eigenvalue weighted by Crippen LogP contribution is 2.41. The molecular weight excluding hydrogens is 557 g/mol. The maximum absolute atomic E-state index is 14.0. The van der Waals surface area contributed by atoms with Crippen LogP contribution in [-0.2, 0) is 23.9 Å². The molecule has 0 aliphatic heterocycles. The Bertz CT molecular complexity index is 1910. The molecule has 0 aliphatic carbocycles. The average molecular weight is 596 g/mol. The van der Waals surface area contributed by atoms with Crippen molar-refractivity contribution < 1.29 is 19.0 Å². The molecule has 0 unspecified atom stereocenters. The molecule has 5 rings (SSSR count). The Kier molecular flexibility index (Phi) is 8.23. The topological polar surface area (TPSA) is 96.3 Å². The van der Waals surface area contributed by atoms with Crippen molar-refractivity contribution >= 4 is 22.5 Å². The zero-order valence-corrected chi connectivity index (χ0v) is 26.1. The fraction of sp³-hybridized carbons (Fsp3) is 0.278. The van der Waals surface area contributed by atoms with Crippen molar-refractivity contribution in [1.29, 1.82) is 0 Å². The molecule has 0 radical (unpaired) electrons. The minimum absolute atomic E-state index is 0.0320. The van der Waals surface area contributed by atoms with Gasteiger partial charge in [0.05, 0.1) is 12.0 Å². The molecule has 3 N–H and O–H groups in total. The van der Waals surface area contributed by atoms with E-state index in [2.05, 4.69) is 24.1 Å². The summed E-state index contributed by atoms with van der Waals surface area (Å²) in [4.78, 5) is 29.4. The first-order valence-corrected chi connectivity index (χ1v) is 14.6. The van der Waals surface area contributed by atoms with Gasteiger partial charge in [0.2, 0.25) is 5.91 Å². The lowest BCUT2D eigenvalue weighted by molar-refractivity contribution is -0.115. The number of aromatic amines is 1. The molecule has 44 heavy (non-hydrogen) atoms. The number of amides is 1. The van der Waals surface area contributed by atoms with Crippen molar-refractivity contribution in [2.45, 2.75) is 59.5 Å². The number of carbonyl (C=O) groups excluding carboxylic acids is 1. The van der Waals surface area contributed by atoms with Gasteiger partial charge in [0.15, 0.2) is 0 Å². The van der Waals surface area contributed by atoms with E-state index in [1.165, 1.54) is 22.3 Å². The largest absolute Gasteiger partial charge is 0.456 e. The van der Waals surface area contributed by atoms with E-state index in [1.807, 2.05) is 36.4 Å². The van der Waals surface area contributed by atoms with Crippen molar-refractivity contribution in [2.75, 3.05) is 5.32 Å². The first kappa shape index (κ1) is 30.8. The third kappa shape index (κ3) is 6.31. The van der Waals surface area contributed by atoms with Gasteiger partial charge in [-0.25, -0.2) is 4.39 Å². The quantitative estimate of drug-likeness (QED) is 0.172. The summed E-state index contributed by atoms with van der Waals surface area (Å²) >= 11 is 0. The first-order chi connectivity index (χ1) is 20.7. The fourth-order valence-corrected chi connectivity index (χ4v) is 5.41. The number of carbonyl (C=O) groups is 1. The summed E-state index contributed by atoms with van der Waals surface area (Å²) in [6.07, 6.45) is 1.75. The highest BCUT2D eigenvalue weighted by Gasteiger charge is 2.23. The van der Waals surface area contributed by atoms with Gasteiger partial charge in [0.25, 0.3) is 5.56 Å². The van der Waals surface area contributed by atoms with Gasteiger partial charge >= 0.3 is 0 Å². The van der Waals surface area contributed by atoms with Crippen molar-refractivity contribution in [3.63, 3.8) is 0 Å². The number of ether oxygens (including phenoxy) is 1. The van der Waals surface area contributed by atoms with Crippen molar-refractivity contribution in [2.24, 2.45) is 7.05 Å². The van der Waals surface area contributed by atoms with Gasteiger partial charge in [0.1, 0.15) is 22.8 Å². The Morgan fingerprint density at radius 3 is 2.30 bits per heavy atom. The molecule has 2 aromatic heterocycles. The van der Waals surface area contributed by atoms with E-state index in [0.29, 0.717) is 67.5 Å². The molecule has 3 aromatic carbocycles. The molecule has 0 saturated heterocycles. The van der Waals surface area contributed by atoms with Crippen LogP contribution >= 0.6 is 0 Å². The summed E-state index contributed by atoms with van der Waals surface area (Å²) in [5, 5.41) is 14.4. The van der Waals surface area contributed by atoms with E-state index in [1.54, 1.807) is 53.1 Å². The van der Waals surface area contributed by atoms with E-state index >= 15 is 0 Å². The predicted octanol–water partition coefficient (Wildman–Crippen LogP) is 7.61. The second kappa shape index (κ2) is 11.8. The third-order valence-electron chi connectivity index (χ3n) is 7.85. The molecule has 0 spiro atoms.